The van der Waals surface area contributed by atoms with Crippen LogP contribution in [0.2, 0.25) is 0 Å². The molecule has 2 fully saturated rings. The Morgan fingerprint density at radius 2 is 2.04 bits per heavy atom. The molecule has 23 heavy (non-hydrogen) atoms. The van der Waals surface area contributed by atoms with E-state index in [1.165, 1.54) is 32.1 Å². The highest BCUT2D eigenvalue weighted by Crippen LogP contribution is 2.47. The molecule has 2 aliphatic carbocycles. The third-order valence-corrected chi connectivity index (χ3v) is 6.13. The van der Waals surface area contributed by atoms with Crippen molar-refractivity contribution in [1.82, 2.24) is 10.5 Å². The maximum Gasteiger partial charge on any atom is 0.217 e. The first-order valence-electron chi connectivity index (χ1n) is 9.16. The lowest BCUT2D eigenvalue weighted by Gasteiger charge is -2.52. The second-order valence-corrected chi connectivity index (χ2v) is 8.20. The summed E-state index contributed by atoms with van der Waals surface area (Å²) in [5.74, 6) is 2.47. The van der Waals surface area contributed by atoms with E-state index in [-0.39, 0.29) is 11.3 Å². The van der Waals surface area contributed by atoms with Crippen LogP contribution in [0.1, 0.15) is 70.8 Å². The van der Waals surface area contributed by atoms with E-state index in [0.29, 0.717) is 12.0 Å². The summed E-state index contributed by atoms with van der Waals surface area (Å²) >= 11 is 0. The zero-order valence-corrected chi connectivity index (χ0v) is 14.7. The van der Waals surface area contributed by atoms with Crippen molar-refractivity contribution >= 4 is 5.91 Å². The second kappa shape index (κ2) is 6.66. The highest BCUT2D eigenvalue weighted by atomic mass is 16.5. The Morgan fingerprint density at radius 3 is 2.70 bits per heavy atom. The molecule has 1 aromatic rings. The summed E-state index contributed by atoms with van der Waals surface area (Å²) < 4.78 is 5.58. The van der Waals surface area contributed by atoms with Crippen LogP contribution in [0.5, 0.6) is 0 Å². The van der Waals surface area contributed by atoms with Crippen LogP contribution in [-0.4, -0.2) is 17.1 Å². The SMILES string of the molecule is CC(=O)N[C@H]1C[C@@H](Cc2cc(CC3CCCCC3)on2)C1(C)C. The molecule has 0 bridgehead atoms. The van der Waals surface area contributed by atoms with Gasteiger partial charge >= 0.3 is 0 Å². The normalized spacial score (nSPS) is 27.4. The van der Waals surface area contributed by atoms with Gasteiger partial charge in [-0.25, -0.2) is 0 Å². The molecule has 2 atom stereocenters. The molecule has 1 amide bonds. The first kappa shape index (κ1) is 16.5. The van der Waals surface area contributed by atoms with Gasteiger partial charge in [-0.2, -0.15) is 0 Å². The number of nitrogens with zero attached hydrogens (tertiary/aromatic N) is 1. The summed E-state index contributed by atoms with van der Waals surface area (Å²) in [6, 6.07) is 2.45. The quantitative estimate of drug-likeness (QED) is 0.896. The average molecular weight is 318 g/mol. The summed E-state index contributed by atoms with van der Waals surface area (Å²) in [5.41, 5.74) is 1.21. The van der Waals surface area contributed by atoms with Crippen molar-refractivity contribution in [1.29, 1.82) is 0 Å². The molecule has 2 aliphatic rings. The van der Waals surface area contributed by atoms with Crippen LogP contribution >= 0.6 is 0 Å². The lowest BCUT2D eigenvalue weighted by Crippen LogP contribution is -2.58. The van der Waals surface area contributed by atoms with Crippen molar-refractivity contribution in [3.05, 3.63) is 17.5 Å². The van der Waals surface area contributed by atoms with Crippen molar-refractivity contribution in [2.24, 2.45) is 17.3 Å². The Bertz CT molecular complexity index is 543. The van der Waals surface area contributed by atoms with E-state index in [1.54, 1.807) is 6.92 Å². The van der Waals surface area contributed by atoms with Gasteiger partial charge in [0.25, 0.3) is 0 Å². The van der Waals surface area contributed by atoms with Gasteiger partial charge in [0.1, 0.15) is 5.76 Å². The number of hydrogen-bond acceptors (Lipinski definition) is 3. The van der Waals surface area contributed by atoms with Crippen LogP contribution in [-0.2, 0) is 17.6 Å². The fourth-order valence-corrected chi connectivity index (χ4v) is 4.33. The minimum Gasteiger partial charge on any atom is -0.361 e. The third kappa shape index (κ3) is 3.78. The third-order valence-electron chi connectivity index (χ3n) is 6.13. The zero-order chi connectivity index (χ0) is 16.4. The number of amides is 1. The highest BCUT2D eigenvalue weighted by molar-refractivity contribution is 5.73. The predicted molar refractivity (Wildman–Crippen MR) is 90.0 cm³/mol. The lowest BCUT2D eigenvalue weighted by molar-refractivity contribution is -0.123. The van der Waals surface area contributed by atoms with Crippen LogP contribution in [0.3, 0.4) is 0 Å². The number of carbonyl (C=O) groups excluding carboxylic acids is 1. The van der Waals surface area contributed by atoms with Crippen LogP contribution in [0, 0.1) is 17.3 Å². The highest BCUT2D eigenvalue weighted by Gasteiger charge is 2.48. The molecule has 3 rings (SSSR count). The summed E-state index contributed by atoms with van der Waals surface area (Å²) in [5, 5.41) is 7.35. The Morgan fingerprint density at radius 1 is 1.30 bits per heavy atom. The first-order chi connectivity index (χ1) is 10.9. The Hall–Kier alpha value is -1.32. The maximum atomic E-state index is 11.3. The van der Waals surface area contributed by atoms with Crippen molar-refractivity contribution in [2.45, 2.75) is 78.2 Å². The van der Waals surface area contributed by atoms with Gasteiger partial charge in [-0.15, -0.1) is 0 Å². The number of hydrogen-bond donors (Lipinski definition) is 1. The zero-order valence-electron chi connectivity index (χ0n) is 14.7. The minimum absolute atomic E-state index is 0.0673. The maximum absolute atomic E-state index is 11.3. The van der Waals surface area contributed by atoms with Gasteiger partial charge in [0.05, 0.1) is 5.69 Å². The summed E-state index contributed by atoms with van der Waals surface area (Å²) in [7, 11) is 0. The predicted octanol–water partition coefficient (Wildman–Crippen LogP) is 3.89. The first-order valence-corrected chi connectivity index (χ1v) is 9.16. The Labute approximate surface area is 139 Å². The fourth-order valence-electron chi connectivity index (χ4n) is 4.33. The summed E-state index contributed by atoms with van der Waals surface area (Å²) in [6.45, 7) is 6.08. The molecule has 0 aliphatic heterocycles. The number of nitrogens with one attached hydrogen (secondary N) is 1. The molecule has 128 valence electrons. The van der Waals surface area contributed by atoms with E-state index in [2.05, 4.69) is 30.4 Å². The van der Waals surface area contributed by atoms with E-state index in [9.17, 15) is 4.79 Å². The van der Waals surface area contributed by atoms with Gasteiger partial charge in [-0.05, 0) is 30.1 Å². The second-order valence-electron chi connectivity index (χ2n) is 8.20. The summed E-state index contributed by atoms with van der Waals surface area (Å²) in [4.78, 5) is 11.3. The van der Waals surface area contributed by atoms with Gasteiger partial charge in [-0.1, -0.05) is 51.1 Å². The molecule has 0 unspecified atom stereocenters. The Kier molecular flexibility index (Phi) is 4.79. The van der Waals surface area contributed by atoms with E-state index in [1.807, 2.05) is 0 Å². The molecular formula is C19H30N2O2. The van der Waals surface area contributed by atoms with Crippen LogP contribution in [0.25, 0.3) is 0 Å². The Balaban J connectivity index is 1.52. The van der Waals surface area contributed by atoms with Crippen LogP contribution in [0.4, 0.5) is 0 Å². The molecule has 0 radical (unpaired) electrons. The van der Waals surface area contributed by atoms with E-state index >= 15 is 0 Å². The molecule has 4 nitrogen and oxygen atoms in total. The fraction of sp³-hybridized carbons (Fsp3) is 0.789. The molecule has 1 aromatic heterocycles. The molecule has 1 heterocycles. The van der Waals surface area contributed by atoms with Crippen molar-refractivity contribution < 1.29 is 9.32 Å². The van der Waals surface area contributed by atoms with Crippen molar-refractivity contribution in [3.8, 4) is 0 Å². The molecule has 1 N–H and O–H groups in total. The van der Waals surface area contributed by atoms with Gasteiger partial charge in [-0.3, -0.25) is 4.79 Å². The number of aromatic nitrogens is 1. The smallest absolute Gasteiger partial charge is 0.217 e. The van der Waals surface area contributed by atoms with Gasteiger partial charge in [0.2, 0.25) is 5.91 Å². The molecule has 4 heteroatoms. The minimum atomic E-state index is 0.0673. The molecule has 0 aromatic carbocycles. The van der Waals surface area contributed by atoms with Gasteiger partial charge in [0.15, 0.2) is 0 Å². The molecule has 0 saturated heterocycles. The monoisotopic (exact) mass is 318 g/mol. The largest absolute Gasteiger partial charge is 0.361 e. The standard InChI is InChI=1S/C19H30N2O2/c1-13(22)20-18-11-15(19(18,2)3)10-16-12-17(23-21-16)9-14-7-5-4-6-8-14/h12,14-15,18H,4-11H2,1-3H3,(H,20,22)/t15-,18+/m1/s1. The van der Waals surface area contributed by atoms with Crippen LogP contribution < -0.4 is 5.32 Å². The van der Waals surface area contributed by atoms with E-state index < -0.39 is 0 Å². The van der Waals surface area contributed by atoms with Crippen LogP contribution in [0.15, 0.2) is 10.6 Å². The topological polar surface area (TPSA) is 55.1 Å². The average Bonchev–Trinajstić information content (AvgIpc) is 2.94. The lowest BCUT2D eigenvalue weighted by atomic mass is 9.57. The van der Waals surface area contributed by atoms with Gasteiger partial charge in [0, 0.05) is 25.5 Å². The number of rotatable bonds is 5. The molecular weight excluding hydrogens is 288 g/mol. The number of carbonyl (C=O) groups is 1. The van der Waals surface area contributed by atoms with E-state index in [0.717, 1.165) is 36.6 Å². The molecule has 2 saturated carbocycles. The molecule has 0 spiro atoms. The summed E-state index contributed by atoms with van der Waals surface area (Å²) in [6.07, 6.45) is 9.85. The van der Waals surface area contributed by atoms with Crippen molar-refractivity contribution in [2.75, 3.05) is 0 Å². The van der Waals surface area contributed by atoms with E-state index in [4.69, 9.17) is 4.52 Å². The van der Waals surface area contributed by atoms with Crippen molar-refractivity contribution in [3.63, 3.8) is 0 Å². The van der Waals surface area contributed by atoms with Gasteiger partial charge < -0.3 is 9.84 Å².